The van der Waals surface area contributed by atoms with Crippen molar-refractivity contribution >= 4 is 5.91 Å². The van der Waals surface area contributed by atoms with Crippen LogP contribution in [0.25, 0.3) is 0 Å². The lowest BCUT2D eigenvalue weighted by atomic mass is 10.1. The first-order valence-electron chi connectivity index (χ1n) is 4.63. The number of amides is 1. The summed E-state index contributed by atoms with van der Waals surface area (Å²) < 4.78 is 0. The molecule has 1 fully saturated rings. The molecule has 1 aromatic rings. The highest BCUT2D eigenvalue weighted by Crippen LogP contribution is 2.28. The molecular formula is C10H12N2O2. The molecule has 2 rings (SSSR count). The zero-order valence-corrected chi connectivity index (χ0v) is 7.99. The normalized spacial score (nSPS) is 21.6. The van der Waals surface area contributed by atoms with Gasteiger partial charge in [-0.2, -0.15) is 0 Å². The second kappa shape index (κ2) is 3.29. The quantitative estimate of drug-likeness (QED) is 0.711. The number of nitrogens with zero attached hydrogens (tertiary/aromatic N) is 1. The minimum Gasteiger partial charge on any atom is -0.338 e. The molecule has 4 heteroatoms. The van der Waals surface area contributed by atoms with Crippen LogP contribution in [0.1, 0.15) is 24.4 Å². The zero-order valence-electron chi connectivity index (χ0n) is 7.99. The lowest BCUT2D eigenvalue weighted by Gasteiger charge is -2.18. The number of rotatable bonds is 1. The van der Waals surface area contributed by atoms with E-state index in [9.17, 15) is 9.59 Å². The van der Waals surface area contributed by atoms with Crippen molar-refractivity contribution in [2.24, 2.45) is 0 Å². The average molecular weight is 192 g/mol. The molecule has 1 amide bonds. The van der Waals surface area contributed by atoms with E-state index in [-0.39, 0.29) is 17.5 Å². The van der Waals surface area contributed by atoms with E-state index in [1.807, 2.05) is 0 Å². The van der Waals surface area contributed by atoms with Crippen LogP contribution < -0.4 is 5.56 Å². The Kier molecular flexibility index (Phi) is 2.11. The van der Waals surface area contributed by atoms with E-state index in [2.05, 4.69) is 4.98 Å². The minimum absolute atomic E-state index is 0.0487. The van der Waals surface area contributed by atoms with Crippen molar-refractivity contribution in [1.29, 1.82) is 0 Å². The van der Waals surface area contributed by atoms with Crippen LogP contribution in [0, 0.1) is 0 Å². The molecule has 0 spiro atoms. The van der Waals surface area contributed by atoms with Crippen LogP contribution in [-0.4, -0.2) is 22.8 Å². The molecule has 14 heavy (non-hydrogen) atoms. The molecule has 1 aliphatic heterocycles. The van der Waals surface area contributed by atoms with Gasteiger partial charge in [-0.05, 0) is 18.6 Å². The molecule has 0 saturated carbocycles. The highest BCUT2D eigenvalue weighted by Gasteiger charge is 2.30. The van der Waals surface area contributed by atoms with Gasteiger partial charge in [0.15, 0.2) is 0 Å². The molecule has 0 aromatic carbocycles. The second-order valence-electron chi connectivity index (χ2n) is 3.51. The van der Waals surface area contributed by atoms with E-state index < -0.39 is 0 Å². The van der Waals surface area contributed by atoms with E-state index in [4.69, 9.17) is 0 Å². The summed E-state index contributed by atoms with van der Waals surface area (Å²) >= 11 is 0. The maximum absolute atomic E-state index is 11.5. The second-order valence-corrected chi connectivity index (χ2v) is 3.51. The van der Waals surface area contributed by atoms with Crippen LogP contribution in [0.3, 0.4) is 0 Å². The first kappa shape index (κ1) is 8.99. The highest BCUT2D eigenvalue weighted by atomic mass is 16.2. The van der Waals surface area contributed by atoms with Crippen LogP contribution in [0.15, 0.2) is 23.1 Å². The van der Waals surface area contributed by atoms with Gasteiger partial charge in [0.2, 0.25) is 5.91 Å². The summed E-state index contributed by atoms with van der Waals surface area (Å²) in [7, 11) is 1.74. The summed E-state index contributed by atoms with van der Waals surface area (Å²) in [6.45, 7) is 0. The third-order valence-electron chi connectivity index (χ3n) is 2.70. The summed E-state index contributed by atoms with van der Waals surface area (Å²) in [6.07, 6.45) is 2.88. The fourth-order valence-corrected chi connectivity index (χ4v) is 1.87. The van der Waals surface area contributed by atoms with E-state index in [1.165, 1.54) is 0 Å². The molecule has 2 heterocycles. The smallest absolute Gasteiger partial charge is 0.253 e. The summed E-state index contributed by atoms with van der Waals surface area (Å²) in [4.78, 5) is 27.0. The van der Waals surface area contributed by atoms with E-state index >= 15 is 0 Å². The van der Waals surface area contributed by atoms with Gasteiger partial charge in [-0.3, -0.25) is 9.59 Å². The number of carbonyl (C=O) groups is 1. The molecule has 0 radical (unpaired) electrons. The van der Waals surface area contributed by atoms with Gasteiger partial charge in [-0.15, -0.1) is 0 Å². The predicted octanol–water partition coefficient (Wildman–Crippen LogP) is 0.668. The van der Waals surface area contributed by atoms with Gasteiger partial charge in [-0.25, -0.2) is 0 Å². The topological polar surface area (TPSA) is 53.2 Å². The molecule has 0 aliphatic carbocycles. The van der Waals surface area contributed by atoms with E-state index in [0.29, 0.717) is 12.0 Å². The van der Waals surface area contributed by atoms with Gasteiger partial charge >= 0.3 is 0 Å². The number of nitrogens with one attached hydrogen (secondary N) is 1. The van der Waals surface area contributed by atoms with Crippen molar-refractivity contribution in [2.75, 3.05) is 7.05 Å². The van der Waals surface area contributed by atoms with Crippen LogP contribution in [-0.2, 0) is 4.79 Å². The van der Waals surface area contributed by atoms with Crippen molar-refractivity contribution < 1.29 is 4.79 Å². The van der Waals surface area contributed by atoms with Crippen molar-refractivity contribution in [3.05, 3.63) is 34.2 Å². The molecule has 1 N–H and O–H groups in total. The minimum atomic E-state index is -0.0981. The molecule has 1 aliphatic rings. The number of H-pyrrole nitrogens is 1. The molecule has 0 bridgehead atoms. The molecule has 4 nitrogen and oxygen atoms in total. The van der Waals surface area contributed by atoms with Crippen molar-refractivity contribution in [2.45, 2.75) is 18.9 Å². The number of aromatic amines is 1. The predicted molar refractivity (Wildman–Crippen MR) is 51.8 cm³/mol. The first-order valence-corrected chi connectivity index (χ1v) is 4.63. The summed E-state index contributed by atoms with van der Waals surface area (Å²) in [5.74, 6) is 0.109. The van der Waals surface area contributed by atoms with Crippen LogP contribution >= 0.6 is 0 Å². The molecule has 1 unspecified atom stereocenters. The number of hydrogen-bond donors (Lipinski definition) is 1. The monoisotopic (exact) mass is 192 g/mol. The Hall–Kier alpha value is -1.58. The van der Waals surface area contributed by atoms with Gasteiger partial charge in [0, 0.05) is 25.2 Å². The van der Waals surface area contributed by atoms with Gasteiger partial charge < -0.3 is 9.88 Å². The van der Waals surface area contributed by atoms with E-state index in [1.54, 1.807) is 30.3 Å². The summed E-state index contributed by atoms with van der Waals surface area (Å²) in [5.41, 5.74) is 0.583. The Morgan fingerprint density at radius 1 is 1.50 bits per heavy atom. The third kappa shape index (κ3) is 1.32. The molecule has 74 valence electrons. The Morgan fingerprint density at radius 3 is 2.86 bits per heavy atom. The van der Waals surface area contributed by atoms with Gasteiger partial charge in [0.1, 0.15) is 0 Å². The van der Waals surface area contributed by atoms with Crippen LogP contribution in [0.5, 0.6) is 0 Å². The fourth-order valence-electron chi connectivity index (χ4n) is 1.87. The van der Waals surface area contributed by atoms with Gasteiger partial charge in [0.05, 0.1) is 6.04 Å². The average Bonchev–Trinajstić information content (AvgIpc) is 2.49. The van der Waals surface area contributed by atoms with E-state index in [0.717, 1.165) is 6.42 Å². The molecule has 1 saturated heterocycles. The van der Waals surface area contributed by atoms with Gasteiger partial charge in [-0.1, -0.05) is 0 Å². The fraction of sp³-hybridized carbons (Fsp3) is 0.400. The third-order valence-corrected chi connectivity index (χ3v) is 2.70. The van der Waals surface area contributed by atoms with Crippen molar-refractivity contribution in [3.63, 3.8) is 0 Å². The molecule has 1 atom stereocenters. The van der Waals surface area contributed by atoms with Crippen molar-refractivity contribution in [1.82, 2.24) is 9.88 Å². The Bertz CT molecular complexity index is 411. The molecule has 1 aromatic heterocycles. The maximum atomic E-state index is 11.5. The van der Waals surface area contributed by atoms with Gasteiger partial charge in [0.25, 0.3) is 5.56 Å². The number of hydrogen-bond acceptors (Lipinski definition) is 2. The SMILES string of the molecule is CN1C(=O)CCC1c1ccc[nH]c1=O. The number of aromatic nitrogens is 1. The largest absolute Gasteiger partial charge is 0.338 e. The highest BCUT2D eigenvalue weighted by molar-refractivity contribution is 5.78. The zero-order chi connectivity index (χ0) is 10.1. The Balaban J connectivity index is 2.37. The standard InChI is InChI=1S/C10H12N2O2/c1-12-8(4-5-9(12)13)7-3-2-6-11-10(7)14/h2-3,6,8H,4-5H2,1H3,(H,11,14). The number of likely N-dealkylation sites (tertiary alicyclic amines) is 1. The maximum Gasteiger partial charge on any atom is 0.253 e. The lowest BCUT2D eigenvalue weighted by Crippen LogP contribution is -2.27. The lowest BCUT2D eigenvalue weighted by molar-refractivity contribution is -0.127. The summed E-state index contributed by atoms with van der Waals surface area (Å²) in [6, 6.07) is 3.51. The van der Waals surface area contributed by atoms with Crippen LogP contribution in [0.4, 0.5) is 0 Å². The number of carbonyl (C=O) groups excluding carboxylic acids is 1. The Labute approximate surface area is 81.6 Å². The number of pyridine rings is 1. The van der Waals surface area contributed by atoms with Crippen LogP contribution in [0.2, 0.25) is 0 Å². The Morgan fingerprint density at radius 2 is 2.29 bits per heavy atom. The molecular weight excluding hydrogens is 180 g/mol. The summed E-state index contributed by atoms with van der Waals surface area (Å²) in [5, 5.41) is 0. The first-order chi connectivity index (χ1) is 6.70. The van der Waals surface area contributed by atoms with Crippen molar-refractivity contribution in [3.8, 4) is 0 Å².